The lowest BCUT2D eigenvalue weighted by Gasteiger charge is -2.26. The van der Waals surface area contributed by atoms with Crippen molar-refractivity contribution in [2.45, 2.75) is 11.8 Å². The van der Waals surface area contributed by atoms with Gasteiger partial charge in [-0.2, -0.15) is 0 Å². The second-order valence-electron chi connectivity index (χ2n) is 7.69. The van der Waals surface area contributed by atoms with Gasteiger partial charge in [0.05, 0.1) is 7.11 Å². The van der Waals surface area contributed by atoms with Crippen molar-refractivity contribution < 1.29 is 4.74 Å². The second-order valence-corrected chi connectivity index (χ2v) is 8.85. The van der Waals surface area contributed by atoms with E-state index >= 15 is 0 Å². The number of allylic oxidation sites excluding steroid dienone is 4. The number of para-hydroxylation sites is 1. The fourth-order valence-electron chi connectivity index (χ4n) is 3.69. The number of hydrogen-bond donors (Lipinski definition) is 0. The van der Waals surface area contributed by atoms with E-state index in [1.54, 1.807) is 18.9 Å². The van der Waals surface area contributed by atoms with Gasteiger partial charge in [-0.3, -0.25) is 0 Å². The van der Waals surface area contributed by atoms with Gasteiger partial charge in [-0.25, -0.2) is 0 Å². The lowest BCUT2D eigenvalue weighted by molar-refractivity contribution is 0.414. The fraction of sp³-hybridized carbons (Fsp3) is 0.103. The van der Waals surface area contributed by atoms with Crippen LogP contribution in [0.2, 0.25) is 0 Å². The number of ether oxygens (including phenoxy) is 1. The SMILES string of the molecule is C=C(/C=C(/C=C1\C=Cc2ccccc2N1C)c1cccc(OC)c1)Sc1ccccc1C. The molecular formula is C29H27NOS. The van der Waals surface area contributed by atoms with Gasteiger partial charge in [0.1, 0.15) is 5.75 Å². The summed E-state index contributed by atoms with van der Waals surface area (Å²) < 4.78 is 5.48. The molecule has 0 spiro atoms. The number of thioether (sulfide) groups is 1. The van der Waals surface area contributed by atoms with Gasteiger partial charge in [0.25, 0.3) is 0 Å². The molecule has 0 bridgehead atoms. The maximum atomic E-state index is 5.48. The molecule has 0 aliphatic carbocycles. The normalized spacial score (nSPS) is 14.4. The summed E-state index contributed by atoms with van der Waals surface area (Å²) in [6, 6.07) is 25.0. The number of methoxy groups -OCH3 is 1. The number of aryl methyl sites for hydroxylation is 1. The zero-order chi connectivity index (χ0) is 22.5. The Balaban J connectivity index is 1.73. The van der Waals surface area contributed by atoms with E-state index in [-0.39, 0.29) is 0 Å². The molecule has 3 aromatic rings. The van der Waals surface area contributed by atoms with Crippen molar-refractivity contribution >= 4 is 29.1 Å². The van der Waals surface area contributed by atoms with E-state index < -0.39 is 0 Å². The van der Waals surface area contributed by atoms with E-state index in [0.717, 1.165) is 27.5 Å². The highest BCUT2D eigenvalue weighted by Crippen LogP contribution is 2.34. The van der Waals surface area contributed by atoms with Gasteiger partial charge in [0, 0.05) is 28.2 Å². The quantitative estimate of drug-likeness (QED) is 0.289. The number of benzene rings is 3. The van der Waals surface area contributed by atoms with Gasteiger partial charge in [0.15, 0.2) is 0 Å². The highest BCUT2D eigenvalue weighted by atomic mass is 32.2. The largest absolute Gasteiger partial charge is 0.497 e. The molecule has 3 aromatic carbocycles. The number of hydrogen-bond acceptors (Lipinski definition) is 3. The Morgan fingerprint density at radius 1 is 0.969 bits per heavy atom. The standard InChI is InChI=1S/C29H27NOS/c1-21-10-5-8-15-29(21)32-22(2)18-25(24-12-9-13-27(20-24)31-4)19-26-17-16-23-11-6-7-14-28(23)30(26)3/h5-20H,2H2,1,3-4H3/b25-18-,26-19+. The van der Waals surface area contributed by atoms with E-state index in [2.05, 4.69) is 110 Å². The molecule has 1 aliphatic heterocycles. The minimum absolute atomic E-state index is 0.835. The summed E-state index contributed by atoms with van der Waals surface area (Å²) in [5.74, 6) is 0.835. The summed E-state index contributed by atoms with van der Waals surface area (Å²) >= 11 is 1.69. The first-order chi connectivity index (χ1) is 15.5. The van der Waals surface area contributed by atoms with Crippen LogP contribution in [0.25, 0.3) is 11.6 Å². The number of likely N-dealkylation sites (N-methyl/N-ethyl adjacent to an activating group) is 1. The molecule has 0 atom stereocenters. The van der Waals surface area contributed by atoms with Crippen molar-refractivity contribution in [3.63, 3.8) is 0 Å². The molecule has 1 heterocycles. The Bertz CT molecular complexity index is 1240. The van der Waals surface area contributed by atoms with E-state index in [1.807, 2.05) is 12.1 Å². The van der Waals surface area contributed by atoms with E-state index in [4.69, 9.17) is 4.74 Å². The number of nitrogens with zero attached hydrogens (tertiary/aromatic N) is 1. The maximum Gasteiger partial charge on any atom is 0.119 e. The van der Waals surface area contributed by atoms with Crippen molar-refractivity contribution in [2.24, 2.45) is 0 Å². The van der Waals surface area contributed by atoms with Crippen molar-refractivity contribution in [3.8, 4) is 5.75 Å². The second kappa shape index (κ2) is 9.80. The van der Waals surface area contributed by atoms with Crippen LogP contribution in [0.3, 0.4) is 0 Å². The molecule has 0 saturated carbocycles. The Labute approximate surface area is 195 Å². The Morgan fingerprint density at radius 2 is 1.75 bits per heavy atom. The summed E-state index contributed by atoms with van der Waals surface area (Å²) in [6.45, 7) is 6.47. The third kappa shape index (κ3) is 4.90. The summed E-state index contributed by atoms with van der Waals surface area (Å²) in [6.07, 6.45) is 8.70. The van der Waals surface area contributed by atoms with Gasteiger partial charge in [-0.15, -0.1) is 0 Å². The summed E-state index contributed by atoms with van der Waals surface area (Å²) in [5, 5.41) is 0. The van der Waals surface area contributed by atoms with Crippen LogP contribution >= 0.6 is 11.8 Å². The number of rotatable bonds is 6. The average Bonchev–Trinajstić information content (AvgIpc) is 2.82. The zero-order valence-corrected chi connectivity index (χ0v) is 19.5. The Morgan fingerprint density at radius 3 is 2.56 bits per heavy atom. The molecule has 0 amide bonds. The first kappa shape index (κ1) is 21.8. The van der Waals surface area contributed by atoms with Crippen LogP contribution in [0.5, 0.6) is 5.75 Å². The molecule has 0 fully saturated rings. The number of fused-ring (bicyclic) bond motifs is 1. The summed E-state index contributed by atoms with van der Waals surface area (Å²) in [4.78, 5) is 4.42. The molecule has 0 unspecified atom stereocenters. The monoisotopic (exact) mass is 437 g/mol. The van der Waals surface area contributed by atoms with E-state index in [1.165, 1.54) is 21.7 Å². The lowest BCUT2D eigenvalue weighted by atomic mass is 10.0. The van der Waals surface area contributed by atoms with Crippen molar-refractivity contribution in [2.75, 3.05) is 19.1 Å². The van der Waals surface area contributed by atoms with Gasteiger partial charge in [-0.05, 0) is 71.7 Å². The smallest absolute Gasteiger partial charge is 0.119 e. The van der Waals surface area contributed by atoms with Gasteiger partial charge in [-0.1, -0.05) is 72.9 Å². The van der Waals surface area contributed by atoms with Crippen LogP contribution in [-0.2, 0) is 0 Å². The van der Waals surface area contributed by atoms with Gasteiger partial charge in [0.2, 0.25) is 0 Å². The Kier molecular flexibility index (Phi) is 6.67. The van der Waals surface area contributed by atoms with Gasteiger partial charge < -0.3 is 9.64 Å². The zero-order valence-electron chi connectivity index (χ0n) is 18.7. The molecule has 160 valence electrons. The van der Waals surface area contributed by atoms with Crippen LogP contribution in [0, 0.1) is 6.92 Å². The minimum Gasteiger partial charge on any atom is -0.497 e. The molecular weight excluding hydrogens is 410 g/mol. The van der Waals surface area contributed by atoms with Crippen LogP contribution in [0.1, 0.15) is 16.7 Å². The molecule has 1 aliphatic rings. The van der Waals surface area contributed by atoms with Crippen LogP contribution in [0.15, 0.2) is 113 Å². The Hall–Kier alpha value is -3.43. The van der Waals surface area contributed by atoms with E-state index in [0.29, 0.717) is 0 Å². The predicted molar refractivity (Wildman–Crippen MR) is 139 cm³/mol. The number of anilines is 1. The molecule has 32 heavy (non-hydrogen) atoms. The van der Waals surface area contributed by atoms with Crippen LogP contribution in [0.4, 0.5) is 5.69 Å². The highest BCUT2D eigenvalue weighted by molar-refractivity contribution is 8.03. The highest BCUT2D eigenvalue weighted by Gasteiger charge is 2.14. The summed E-state index contributed by atoms with van der Waals surface area (Å²) in [7, 11) is 3.80. The summed E-state index contributed by atoms with van der Waals surface area (Å²) in [5.41, 5.74) is 6.95. The van der Waals surface area contributed by atoms with Crippen molar-refractivity contribution in [3.05, 3.63) is 125 Å². The fourth-order valence-corrected chi connectivity index (χ4v) is 4.53. The first-order valence-corrected chi connectivity index (χ1v) is 11.4. The molecule has 0 saturated heterocycles. The molecule has 4 rings (SSSR count). The molecule has 3 heteroatoms. The lowest BCUT2D eigenvalue weighted by Crippen LogP contribution is -2.18. The van der Waals surface area contributed by atoms with E-state index in [9.17, 15) is 0 Å². The first-order valence-electron chi connectivity index (χ1n) is 10.6. The minimum atomic E-state index is 0.835. The maximum absolute atomic E-state index is 5.48. The topological polar surface area (TPSA) is 12.5 Å². The van der Waals surface area contributed by atoms with Crippen LogP contribution < -0.4 is 9.64 Å². The van der Waals surface area contributed by atoms with Crippen molar-refractivity contribution in [1.29, 1.82) is 0 Å². The van der Waals surface area contributed by atoms with Crippen LogP contribution in [-0.4, -0.2) is 14.2 Å². The molecule has 0 aromatic heterocycles. The average molecular weight is 438 g/mol. The molecule has 2 nitrogen and oxygen atoms in total. The third-order valence-electron chi connectivity index (χ3n) is 5.48. The molecule has 0 N–H and O–H groups in total. The molecule has 0 radical (unpaired) electrons. The van der Waals surface area contributed by atoms with Gasteiger partial charge >= 0.3 is 0 Å². The predicted octanol–water partition coefficient (Wildman–Crippen LogP) is 7.74. The third-order valence-corrected chi connectivity index (χ3v) is 6.53. The van der Waals surface area contributed by atoms with Crippen molar-refractivity contribution in [1.82, 2.24) is 0 Å².